The van der Waals surface area contributed by atoms with E-state index in [0.717, 1.165) is 25.2 Å². The predicted molar refractivity (Wildman–Crippen MR) is 71.3 cm³/mol. The fraction of sp³-hybridized carbons (Fsp3) is 0.571. The van der Waals surface area contributed by atoms with Gasteiger partial charge in [0.05, 0.1) is 6.61 Å². The molecule has 0 aromatic heterocycles. The van der Waals surface area contributed by atoms with E-state index in [9.17, 15) is 9.50 Å². The smallest absolute Gasteiger partial charge is 0.123 e. The molecule has 0 radical (unpaired) electrons. The van der Waals surface area contributed by atoms with Crippen LogP contribution in [0.5, 0.6) is 0 Å². The maximum absolute atomic E-state index is 13.0. The zero-order valence-electron chi connectivity index (χ0n) is 11.0. The highest BCUT2D eigenvalue weighted by atomic mass is 19.1. The van der Waals surface area contributed by atoms with Crippen molar-refractivity contribution < 1.29 is 9.50 Å². The number of nitrogens with zero attached hydrogens (tertiary/aromatic N) is 1. The zero-order valence-corrected chi connectivity index (χ0v) is 11.0. The molecule has 0 amide bonds. The molecule has 1 aliphatic heterocycles. The van der Waals surface area contributed by atoms with Crippen molar-refractivity contribution in [1.29, 1.82) is 0 Å². The van der Waals surface area contributed by atoms with Gasteiger partial charge in [0, 0.05) is 23.8 Å². The van der Waals surface area contributed by atoms with Gasteiger partial charge in [0.2, 0.25) is 0 Å². The van der Waals surface area contributed by atoms with Crippen LogP contribution in [0.1, 0.15) is 20.3 Å². The molecule has 1 saturated heterocycles. The van der Waals surface area contributed by atoms with Crippen molar-refractivity contribution in [2.24, 2.45) is 0 Å². The molecule has 3 nitrogen and oxygen atoms in total. The van der Waals surface area contributed by atoms with E-state index in [1.54, 1.807) is 12.1 Å². The lowest BCUT2D eigenvalue weighted by Crippen LogP contribution is -2.47. The number of aliphatic hydroxyl groups excluding tert-OH is 1. The molecule has 0 spiro atoms. The standard InChI is InChI=1S/C14H21FN2O/c1-14(2)7-8-16-12(10-18)9-17(14)13-5-3-11(15)4-6-13/h3-6,12,16,18H,7-10H2,1-2H3. The molecule has 2 N–H and O–H groups in total. The third-order valence-corrected chi connectivity index (χ3v) is 3.66. The van der Waals surface area contributed by atoms with Crippen LogP contribution in [0.2, 0.25) is 0 Å². The second kappa shape index (κ2) is 5.24. The Morgan fingerprint density at radius 3 is 2.67 bits per heavy atom. The van der Waals surface area contributed by atoms with Crippen LogP contribution in [0.4, 0.5) is 10.1 Å². The Morgan fingerprint density at radius 1 is 1.39 bits per heavy atom. The molecule has 0 bridgehead atoms. The Kier molecular flexibility index (Phi) is 3.88. The van der Waals surface area contributed by atoms with Gasteiger partial charge < -0.3 is 15.3 Å². The van der Waals surface area contributed by atoms with Crippen LogP contribution in [0.15, 0.2) is 24.3 Å². The lowest BCUT2D eigenvalue weighted by Gasteiger charge is -2.39. The summed E-state index contributed by atoms with van der Waals surface area (Å²) >= 11 is 0. The maximum atomic E-state index is 13.0. The van der Waals surface area contributed by atoms with Crippen molar-refractivity contribution in [3.05, 3.63) is 30.1 Å². The first-order chi connectivity index (χ1) is 8.53. The molecular weight excluding hydrogens is 231 g/mol. The molecule has 0 saturated carbocycles. The topological polar surface area (TPSA) is 35.5 Å². The van der Waals surface area contributed by atoms with Gasteiger partial charge in [0.25, 0.3) is 0 Å². The third-order valence-electron chi connectivity index (χ3n) is 3.66. The minimum atomic E-state index is -0.219. The summed E-state index contributed by atoms with van der Waals surface area (Å²) in [6.45, 7) is 6.09. The Hall–Kier alpha value is -1.13. The molecule has 1 heterocycles. The van der Waals surface area contributed by atoms with Gasteiger partial charge in [-0.15, -0.1) is 0 Å². The SMILES string of the molecule is CC1(C)CCNC(CO)CN1c1ccc(F)cc1. The number of hydrogen-bond donors (Lipinski definition) is 2. The second-order valence-electron chi connectivity index (χ2n) is 5.48. The number of nitrogens with one attached hydrogen (secondary N) is 1. The van der Waals surface area contributed by atoms with E-state index in [1.165, 1.54) is 12.1 Å². The molecule has 2 rings (SSSR count). The number of anilines is 1. The van der Waals surface area contributed by atoms with Crippen LogP contribution in [-0.4, -0.2) is 36.4 Å². The number of halogens is 1. The van der Waals surface area contributed by atoms with Crippen LogP contribution in [-0.2, 0) is 0 Å². The monoisotopic (exact) mass is 252 g/mol. The van der Waals surface area contributed by atoms with Gasteiger partial charge >= 0.3 is 0 Å². The van der Waals surface area contributed by atoms with E-state index in [2.05, 4.69) is 24.1 Å². The fourth-order valence-corrected chi connectivity index (χ4v) is 2.45. The lowest BCUT2D eigenvalue weighted by molar-refractivity contribution is 0.248. The number of benzene rings is 1. The highest BCUT2D eigenvalue weighted by Gasteiger charge is 2.31. The molecule has 1 fully saturated rings. The molecule has 1 aromatic carbocycles. The van der Waals surface area contributed by atoms with Gasteiger partial charge in [-0.05, 0) is 51.1 Å². The average molecular weight is 252 g/mol. The first-order valence-corrected chi connectivity index (χ1v) is 6.40. The minimum absolute atomic E-state index is 0.00521. The van der Waals surface area contributed by atoms with Gasteiger partial charge in [0.1, 0.15) is 5.82 Å². The lowest BCUT2D eigenvalue weighted by atomic mass is 9.97. The predicted octanol–water partition coefficient (Wildman–Crippen LogP) is 1.76. The van der Waals surface area contributed by atoms with Gasteiger partial charge in [-0.25, -0.2) is 4.39 Å². The zero-order chi connectivity index (χ0) is 13.2. The van der Waals surface area contributed by atoms with Crippen LogP contribution < -0.4 is 10.2 Å². The first kappa shape index (κ1) is 13.3. The molecule has 1 unspecified atom stereocenters. The fourth-order valence-electron chi connectivity index (χ4n) is 2.45. The highest BCUT2D eigenvalue weighted by molar-refractivity contribution is 5.49. The molecule has 1 aliphatic rings. The van der Waals surface area contributed by atoms with Gasteiger partial charge in [0.15, 0.2) is 0 Å². The maximum Gasteiger partial charge on any atom is 0.123 e. The summed E-state index contributed by atoms with van der Waals surface area (Å²) in [5, 5.41) is 12.7. The Bertz CT molecular complexity index is 391. The van der Waals surface area contributed by atoms with E-state index in [0.29, 0.717) is 0 Å². The summed E-state index contributed by atoms with van der Waals surface area (Å²) in [6, 6.07) is 6.64. The van der Waals surface area contributed by atoms with Crippen molar-refractivity contribution in [1.82, 2.24) is 5.32 Å². The highest BCUT2D eigenvalue weighted by Crippen LogP contribution is 2.28. The van der Waals surface area contributed by atoms with Crippen molar-refractivity contribution in [2.75, 3.05) is 24.6 Å². The summed E-state index contributed by atoms with van der Waals surface area (Å²) in [4.78, 5) is 2.24. The Labute approximate surface area is 108 Å². The number of rotatable bonds is 2. The van der Waals surface area contributed by atoms with E-state index < -0.39 is 0 Å². The van der Waals surface area contributed by atoms with Crippen molar-refractivity contribution >= 4 is 5.69 Å². The Balaban J connectivity index is 2.27. The van der Waals surface area contributed by atoms with Gasteiger partial charge in [-0.3, -0.25) is 0 Å². The minimum Gasteiger partial charge on any atom is -0.395 e. The normalized spacial score (nSPS) is 23.8. The van der Waals surface area contributed by atoms with E-state index >= 15 is 0 Å². The van der Waals surface area contributed by atoms with Crippen LogP contribution in [0.25, 0.3) is 0 Å². The molecule has 4 heteroatoms. The molecule has 1 aromatic rings. The van der Waals surface area contributed by atoms with Crippen LogP contribution in [0.3, 0.4) is 0 Å². The molecule has 18 heavy (non-hydrogen) atoms. The van der Waals surface area contributed by atoms with Crippen LogP contribution in [0, 0.1) is 5.82 Å². The summed E-state index contributed by atoms with van der Waals surface area (Å²) in [5.74, 6) is -0.219. The second-order valence-corrected chi connectivity index (χ2v) is 5.48. The molecule has 0 aliphatic carbocycles. The third kappa shape index (κ3) is 2.82. The van der Waals surface area contributed by atoms with E-state index in [4.69, 9.17) is 0 Å². The average Bonchev–Trinajstić information content (AvgIpc) is 2.49. The van der Waals surface area contributed by atoms with Crippen molar-refractivity contribution in [2.45, 2.75) is 31.8 Å². The number of aliphatic hydroxyl groups is 1. The largest absolute Gasteiger partial charge is 0.395 e. The quantitative estimate of drug-likeness (QED) is 0.842. The number of hydrogen-bond acceptors (Lipinski definition) is 3. The molecular formula is C14H21FN2O. The van der Waals surface area contributed by atoms with Crippen molar-refractivity contribution in [3.63, 3.8) is 0 Å². The molecule has 1 atom stereocenters. The summed E-state index contributed by atoms with van der Waals surface area (Å²) in [6.07, 6.45) is 0.987. The summed E-state index contributed by atoms with van der Waals surface area (Å²) in [7, 11) is 0. The van der Waals surface area contributed by atoms with Gasteiger partial charge in [-0.1, -0.05) is 0 Å². The van der Waals surface area contributed by atoms with Crippen LogP contribution >= 0.6 is 0 Å². The summed E-state index contributed by atoms with van der Waals surface area (Å²) < 4.78 is 13.0. The van der Waals surface area contributed by atoms with Gasteiger partial charge in [-0.2, -0.15) is 0 Å². The van der Waals surface area contributed by atoms with Crippen molar-refractivity contribution in [3.8, 4) is 0 Å². The molecule has 100 valence electrons. The summed E-state index contributed by atoms with van der Waals surface area (Å²) in [5.41, 5.74) is 0.998. The van der Waals surface area contributed by atoms with E-state index in [1.807, 2.05) is 0 Å². The Morgan fingerprint density at radius 2 is 2.06 bits per heavy atom. The first-order valence-electron chi connectivity index (χ1n) is 6.40. The van der Waals surface area contributed by atoms with E-state index in [-0.39, 0.29) is 24.0 Å².